The minimum atomic E-state index is -3.07. The lowest BCUT2D eigenvalue weighted by Gasteiger charge is -2.29. The molecule has 0 amide bonds. The van der Waals surface area contributed by atoms with Gasteiger partial charge >= 0.3 is 0 Å². The van der Waals surface area contributed by atoms with Gasteiger partial charge in [0.1, 0.15) is 5.78 Å². The Bertz CT molecular complexity index is 464. The Hall–Kier alpha value is -0.420. The van der Waals surface area contributed by atoms with Gasteiger partial charge in [0.05, 0.1) is 10.5 Å². The number of ketones is 1. The predicted octanol–water partition coefficient (Wildman–Crippen LogP) is 2.03. The second-order valence-electron chi connectivity index (χ2n) is 7.14. The van der Waals surface area contributed by atoms with Gasteiger partial charge in [-0.3, -0.25) is 9.69 Å². The standard InChI is InChI=1S/C15H27NO3S/c1-15(2,3)20(18,19)11-10-16-9-5-7-13(16)12-6-4-8-14(12)17/h12-13H,4-11H2,1-3H3. The molecule has 116 valence electrons. The average molecular weight is 301 g/mol. The monoisotopic (exact) mass is 301 g/mol. The van der Waals surface area contributed by atoms with Gasteiger partial charge in [-0.2, -0.15) is 0 Å². The summed E-state index contributed by atoms with van der Waals surface area (Å²) in [6, 6.07) is 0.292. The molecule has 1 aliphatic carbocycles. The van der Waals surface area contributed by atoms with Gasteiger partial charge in [0.2, 0.25) is 0 Å². The first-order chi connectivity index (χ1) is 9.22. The Morgan fingerprint density at radius 1 is 1.20 bits per heavy atom. The van der Waals surface area contributed by atoms with Gasteiger partial charge in [-0.05, 0) is 53.0 Å². The third-order valence-corrected chi connectivity index (χ3v) is 7.40. The second-order valence-corrected chi connectivity index (χ2v) is 10.0. The van der Waals surface area contributed by atoms with Crippen molar-refractivity contribution in [3.8, 4) is 0 Å². The van der Waals surface area contributed by atoms with Gasteiger partial charge in [-0.25, -0.2) is 8.42 Å². The number of rotatable bonds is 4. The second kappa shape index (κ2) is 5.76. The molecule has 2 aliphatic rings. The molecule has 0 spiro atoms. The number of sulfone groups is 1. The molecular weight excluding hydrogens is 274 g/mol. The highest BCUT2D eigenvalue weighted by molar-refractivity contribution is 7.92. The summed E-state index contributed by atoms with van der Waals surface area (Å²) in [5.41, 5.74) is 0. The fraction of sp³-hybridized carbons (Fsp3) is 0.933. The first kappa shape index (κ1) is 16.0. The van der Waals surface area contributed by atoms with Gasteiger partial charge in [0.25, 0.3) is 0 Å². The van der Waals surface area contributed by atoms with Crippen molar-refractivity contribution in [2.75, 3.05) is 18.8 Å². The third-order valence-electron chi connectivity index (χ3n) is 4.81. The summed E-state index contributed by atoms with van der Waals surface area (Å²) in [6.45, 7) is 6.78. The number of likely N-dealkylation sites (tertiary alicyclic amines) is 1. The Kier molecular flexibility index (Phi) is 4.59. The maximum absolute atomic E-state index is 12.2. The first-order valence-electron chi connectivity index (χ1n) is 7.71. The van der Waals surface area contributed by atoms with Gasteiger partial charge in [-0.1, -0.05) is 0 Å². The highest BCUT2D eigenvalue weighted by atomic mass is 32.2. The highest BCUT2D eigenvalue weighted by Gasteiger charge is 2.39. The average Bonchev–Trinajstić information content (AvgIpc) is 2.92. The van der Waals surface area contributed by atoms with Gasteiger partial charge in [-0.15, -0.1) is 0 Å². The van der Waals surface area contributed by atoms with Crippen molar-refractivity contribution in [3.63, 3.8) is 0 Å². The van der Waals surface area contributed by atoms with Gasteiger partial charge < -0.3 is 0 Å². The van der Waals surface area contributed by atoms with Crippen LogP contribution in [-0.4, -0.2) is 48.7 Å². The first-order valence-corrected chi connectivity index (χ1v) is 9.37. The van der Waals surface area contributed by atoms with E-state index in [1.165, 1.54) is 0 Å². The lowest BCUT2D eigenvalue weighted by Crippen LogP contribution is -2.42. The Balaban J connectivity index is 1.97. The summed E-state index contributed by atoms with van der Waals surface area (Å²) >= 11 is 0. The highest BCUT2D eigenvalue weighted by Crippen LogP contribution is 2.33. The summed E-state index contributed by atoms with van der Waals surface area (Å²) < 4.78 is 23.7. The van der Waals surface area contributed by atoms with Crippen molar-refractivity contribution in [1.29, 1.82) is 0 Å². The van der Waals surface area contributed by atoms with Crippen LogP contribution in [0.25, 0.3) is 0 Å². The number of hydrogen-bond acceptors (Lipinski definition) is 4. The maximum Gasteiger partial charge on any atom is 0.156 e. The van der Waals surface area contributed by atoms with Crippen molar-refractivity contribution >= 4 is 15.6 Å². The minimum absolute atomic E-state index is 0.162. The van der Waals surface area contributed by atoms with E-state index in [0.717, 1.165) is 38.6 Å². The molecule has 1 saturated carbocycles. The molecule has 2 fully saturated rings. The van der Waals surface area contributed by atoms with Crippen LogP contribution < -0.4 is 0 Å². The SMILES string of the molecule is CC(C)(C)S(=O)(=O)CCN1CCCC1C1CCCC1=O. The number of carbonyl (C=O) groups excluding carboxylic acids is 1. The molecule has 2 rings (SSSR count). The number of nitrogens with zero attached hydrogens (tertiary/aromatic N) is 1. The summed E-state index contributed by atoms with van der Waals surface area (Å²) in [7, 11) is -3.07. The number of carbonyl (C=O) groups is 1. The van der Waals surface area contributed by atoms with Crippen molar-refractivity contribution in [1.82, 2.24) is 4.90 Å². The van der Waals surface area contributed by atoms with E-state index >= 15 is 0 Å². The molecule has 0 aromatic heterocycles. The van der Waals surface area contributed by atoms with Crippen molar-refractivity contribution in [2.24, 2.45) is 5.92 Å². The topological polar surface area (TPSA) is 54.5 Å². The Morgan fingerprint density at radius 3 is 2.45 bits per heavy atom. The molecule has 1 heterocycles. The molecule has 0 aromatic carbocycles. The zero-order valence-corrected chi connectivity index (χ0v) is 13.7. The van der Waals surface area contributed by atoms with E-state index in [0.29, 0.717) is 18.4 Å². The molecular formula is C15H27NO3S. The molecule has 2 unspecified atom stereocenters. The quantitative estimate of drug-likeness (QED) is 0.797. The molecule has 5 heteroatoms. The third kappa shape index (κ3) is 3.25. The van der Waals surface area contributed by atoms with E-state index in [4.69, 9.17) is 0 Å². The van der Waals surface area contributed by atoms with E-state index in [1.54, 1.807) is 20.8 Å². The van der Waals surface area contributed by atoms with Gasteiger partial charge in [0, 0.05) is 24.9 Å². The van der Waals surface area contributed by atoms with Crippen LogP contribution in [0.1, 0.15) is 52.9 Å². The molecule has 1 saturated heterocycles. The normalized spacial score (nSPS) is 29.2. The van der Waals surface area contributed by atoms with Crippen LogP contribution in [0.2, 0.25) is 0 Å². The van der Waals surface area contributed by atoms with Crippen LogP contribution in [0.3, 0.4) is 0 Å². The fourth-order valence-corrected chi connectivity index (χ4v) is 4.47. The molecule has 20 heavy (non-hydrogen) atoms. The lowest BCUT2D eigenvalue weighted by molar-refractivity contribution is -0.122. The van der Waals surface area contributed by atoms with E-state index in [-0.39, 0.29) is 11.7 Å². The van der Waals surface area contributed by atoms with E-state index in [9.17, 15) is 13.2 Å². The zero-order valence-electron chi connectivity index (χ0n) is 12.9. The minimum Gasteiger partial charge on any atom is -0.299 e. The molecule has 0 aromatic rings. The van der Waals surface area contributed by atoms with Crippen molar-refractivity contribution in [2.45, 2.75) is 63.7 Å². The van der Waals surface area contributed by atoms with Crippen LogP contribution in [-0.2, 0) is 14.6 Å². The van der Waals surface area contributed by atoms with Crippen LogP contribution in [0.15, 0.2) is 0 Å². The summed E-state index contributed by atoms with van der Waals surface area (Å²) in [6.07, 6.45) is 4.85. The van der Waals surface area contributed by atoms with Crippen LogP contribution in [0, 0.1) is 5.92 Å². The van der Waals surface area contributed by atoms with Crippen LogP contribution in [0.4, 0.5) is 0 Å². The van der Waals surface area contributed by atoms with E-state index < -0.39 is 14.6 Å². The Morgan fingerprint density at radius 2 is 1.90 bits per heavy atom. The lowest BCUT2D eigenvalue weighted by atomic mass is 9.95. The molecule has 4 nitrogen and oxygen atoms in total. The Labute approximate surface area is 122 Å². The van der Waals surface area contributed by atoms with Gasteiger partial charge in [0.15, 0.2) is 9.84 Å². The van der Waals surface area contributed by atoms with E-state index in [1.807, 2.05) is 0 Å². The summed E-state index contributed by atoms with van der Waals surface area (Å²) in [5.74, 6) is 0.754. The predicted molar refractivity (Wildman–Crippen MR) is 80.5 cm³/mol. The van der Waals surface area contributed by atoms with Crippen LogP contribution in [0.5, 0.6) is 0 Å². The maximum atomic E-state index is 12.2. The van der Waals surface area contributed by atoms with Crippen molar-refractivity contribution < 1.29 is 13.2 Å². The smallest absolute Gasteiger partial charge is 0.156 e. The largest absolute Gasteiger partial charge is 0.299 e. The number of hydrogen-bond donors (Lipinski definition) is 0. The summed E-state index contributed by atoms with van der Waals surface area (Å²) in [5, 5.41) is 0. The fourth-order valence-electron chi connectivity index (χ4n) is 3.38. The number of Topliss-reactive ketones (excluding diaryl/α,β-unsaturated/α-hetero) is 1. The molecule has 0 N–H and O–H groups in total. The molecule has 1 aliphatic heterocycles. The summed E-state index contributed by atoms with van der Waals surface area (Å²) in [4.78, 5) is 14.2. The molecule has 2 atom stereocenters. The van der Waals surface area contributed by atoms with Crippen molar-refractivity contribution in [3.05, 3.63) is 0 Å². The van der Waals surface area contributed by atoms with Crippen LogP contribution >= 0.6 is 0 Å². The molecule has 0 radical (unpaired) electrons. The van der Waals surface area contributed by atoms with E-state index in [2.05, 4.69) is 4.90 Å². The zero-order chi connectivity index (χ0) is 15.0. The molecule has 0 bridgehead atoms.